The summed E-state index contributed by atoms with van der Waals surface area (Å²) in [6.07, 6.45) is 3.32. The second-order valence-corrected chi connectivity index (χ2v) is 6.23. The Bertz CT molecular complexity index is 446. The number of rotatable bonds is 3. The molecule has 1 aliphatic rings. The SMILES string of the molecule is Cc1csc(C(=O)N(C)C2CCCC2CN)c1Cl. The summed E-state index contributed by atoms with van der Waals surface area (Å²) < 4.78 is 0. The molecule has 0 radical (unpaired) electrons. The third kappa shape index (κ3) is 2.42. The molecule has 0 bridgehead atoms. The molecule has 1 saturated carbocycles. The molecule has 1 amide bonds. The van der Waals surface area contributed by atoms with E-state index in [4.69, 9.17) is 17.3 Å². The number of thiophene rings is 1. The highest BCUT2D eigenvalue weighted by molar-refractivity contribution is 7.13. The van der Waals surface area contributed by atoms with Crippen LogP contribution in [0.1, 0.15) is 34.5 Å². The van der Waals surface area contributed by atoms with Crippen molar-refractivity contribution in [3.05, 3.63) is 20.8 Å². The van der Waals surface area contributed by atoms with Gasteiger partial charge in [-0.2, -0.15) is 0 Å². The molecule has 2 rings (SSSR count). The van der Waals surface area contributed by atoms with E-state index in [1.165, 1.54) is 11.3 Å². The van der Waals surface area contributed by atoms with Gasteiger partial charge in [0.1, 0.15) is 4.88 Å². The van der Waals surface area contributed by atoms with Crippen molar-refractivity contribution in [2.75, 3.05) is 13.6 Å². The van der Waals surface area contributed by atoms with Crippen LogP contribution in [0.25, 0.3) is 0 Å². The molecule has 3 nitrogen and oxygen atoms in total. The van der Waals surface area contributed by atoms with Crippen LogP contribution in [0.5, 0.6) is 0 Å². The summed E-state index contributed by atoms with van der Waals surface area (Å²) in [7, 11) is 1.87. The normalized spacial score (nSPS) is 23.3. The molecule has 1 aromatic heterocycles. The van der Waals surface area contributed by atoms with Crippen LogP contribution in [0.2, 0.25) is 5.02 Å². The predicted octanol–water partition coefficient (Wildman–Crippen LogP) is 2.91. The van der Waals surface area contributed by atoms with E-state index in [0.29, 0.717) is 22.4 Å². The lowest BCUT2D eigenvalue weighted by Gasteiger charge is -2.29. The van der Waals surface area contributed by atoms with Crippen molar-refractivity contribution in [3.63, 3.8) is 0 Å². The number of carbonyl (C=O) groups excluding carboxylic acids is 1. The molecular formula is C13H19ClN2OS. The summed E-state index contributed by atoms with van der Waals surface area (Å²) >= 11 is 7.59. The second-order valence-electron chi connectivity index (χ2n) is 4.97. The van der Waals surface area contributed by atoms with E-state index in [0.717, 1.165) is 24.8 Å². The van der Waals surface area contributed by atoms with Crippen LogP contribution in [0.15, 0.2) is 5.38 Å². The van der Waals surface area contributed by atoms with Gasteiger partial charge in [-0.05, 0) is 43.2 Å². The number of nitrogens with zero attached hydrogens (tertiary/aromatic N) is 1. The number of amides is 1. The Kier molecular flexibility index (Phi) is 4.30. The van der Waals surface area contributed by atoms with Crippen LogP contribution in [-0.4, -0.2) is 30.4 Å². The smallest absolute Gasteiger partial charge is 0.265 e. The molecule has 0 aliphatic heterocycles. The maximum absolute atomic E-state index is 12.4. The minimum absolute atomic E-state index is 0.0310. The van der Waals surface area contributed by atoms with Crippen molar-refractivity contribution in [2.45, 2.75) is 32.2 Å². The van der Waals surface area contributed by atoms with Gasteiger partial charge in [-0.1, -0.05) is 18.0 Å². The fraction of sp³-hybridized carbons (Fsp3) is 0.615. The zero-order valence-corrected chi connectivity index (χ0v) is 12.4. The first-order chi connectivity index (χ1) is 8.56. The summed E-state index contributed by atoms with van der Waals surface area (Å²) in [6.45, 7) is 2.58. The van der Waals surface area contributed by atoms with E-state index in [1.54, 1.807) is 0 Å². The first-order valence-electron chi connectivity index (χ1n) is 6.27. The highest BCUT2D eigenvalue weighted by Crippen LogP contribution is 2.32. The van der Waals surface area contributed by atoms with Gasteiger partial charge in [0.25, 0.3) is 5.91 Å². The Morgan fingerprint density at radius 3 is 2.89 bits per heavy atom. The van der Waals surface area contributed by atoms with E-state index in [9.17, 15) is 4.79 Å². The van der Waals surface area contributed by atoms with Crippen molar-refractivity contribution >= 4 is 28.8 Å². The summed E-state index contributed by atoms with van der Waals surface area (Å²) in [4.78, 5) is 14.9. The zero-order valence-electron chi connectivity index (χ0n) is 10.8. The highest BCUT2D eigenvalue weighted by atomic mass is 35.5. The topological polar surface area (TPSA) is 46.3 Å². The summed E-state index contributed by atoms with van der Waals surface area (Å²) in [6, 6.07) is 0.265. The number of hydrogen-bond donors (Lipinski definition) is 1. The van der Waals surface area contributed by atoms with Crippen LogP contribution in [0.3, 0.4) is 0 Å². The first-order valence-corrected chi connectivity index (χ1v) is 7.52. The monoisotopic (exact) mass is 286 g/mol. The van der Waals surface area contributed by atoms with Gasteiger partial charge in [0.05, 0.1) is 5.02 Å². The van der Waals surface area contributed by atoms with Crippen LogP contribution in [0.4, 0.5) is 0 Å². The van der Waals surface area contributed by atoms with E-state index in [2.05, 4.69) is 0 Å². The van der Waals surface area contributed by atoms with E-state index >= 15 is 0 Å². The molecule has 2 N–H and O–H groups in total. The van der Waals surface area contributed by atoms with Crippen LogP contribution >= 0.6 is 22.9 Å². The Hall–Kier alpha value is -0.580. The van der Waals surface area contributed by atoms with Gasteiger partial charge in [-0.3, -0.25) is 4.79 Å². The minimum Gasteiger partial charge on any atom is -0.338 e. The number of carbonyl (C=O) groups is 1. The molecule has 2 unspecified atom stereocenters. The van der Waals surface area contributed by atoms with Crippen molar-refractivity contribution in [1.29, 1.82) is 0 Å². The van der Waals surface area contributed by atoms with Crippen LogP contribution in [-0.2, 0) is 0 Å². The Labute approximate surface area is 117 Å². The van der Waals surface area contributed by atoms with Gasteiger partial charge in [-0.25, -0.2) is 0 Å². The molecular weight excluding hydrogens is 268 g/mol. The third-order valence-corrected chi connectivity index (χ3v) is 5.52. The Balaban J connectivity index is 2.16. The molecule has 100 valence electrons. The lowest BCUT2D eigenvalue weighted by atomic mass is 10.0. The number of hydrogen-bond acceptors (Lipinski definition) is 3. The molecule has 1 aliphatic carbocycles. The quantitative estimate of drug-likeness (QED) is 0.929. The van der Waals surface area contributed by atoms with Gasteiger partial charge >= 0.3 is 0 Å². The fourth-order valence-electron chi connectivity index (χ4n) is 2.69. The van der Waals surface area contributed by atoms with Gasteiger partial charge in [-0.15, -0.1) is 11.3 Å². The van der Waals surface area contributed by atoms with E-state index < -0.39 is 0 Å². The highest BCUT2D eigenvalue weighted by Gasteiger charge is 2.33. The molecule has 0 spiro atoms. The number of halogens is 1. The first kappa shape index (κ1) is 13.8. The van der Waals surface area contributed by atoms with Gasteiger partial charge < -0.3 is 10.6 Å². The van der Waals surface area contributed by atoms with Crippen molar-refractivity contribution in [2.24, 2.45) is 11.7 Å². The van der Waals surface area contributed by atoms with E-state index in [-0.39, 0.29) is 11.9 Å². The van der Waals surface area contributed by atoms with Crippen LogP contribution < -0.4 is 5.73 Å². The summed E-state index contributed by atoms with van der Waals surface area (Å²) in [5.41, 5.74) is 6.75. The maximum atomic E-state index is 12.4. The molecule has 1 fully saturated rings. The molecule has 0 aromatic carbocycles. The Morgan fingerprint density at radius 1 is 1.61 bits per heavy atom. The standard InChI is InChI=1S/C13H19ClN2OS/c1-8-7-18-12(11(8)14)13(17)16(2)10-5-3-4-9(10)6-15/h7,9-10H,3-6,15H2,1-2H3. The fourth-order valence-corrected chi connectivity index (χ4v) is 3.94. The van der Waals surface area contributed by atoms with Gasteiger partial charge in [0.15, 0.2) is 0 Å². The molecule has 1 aromatic rings. The molecule has 1 heterocycles. The van der Waals surface area contributed by atoms with Gasteiger partial charge in [0, 0.05) is 13.1 Å². The number of aryl methyl sites for hydroxylation is 1. The van der Waals surface area contributed by atoms with Crippen molar-refractivity contribution in [3.8, 4) is 0 Å². The average Bonchev–Trinajstić information content (AvgIpc) is 2.96. The third-order valence-electron chi connectivity index (χ3n) is 3.83. The van der Waals surface area contributed by atoms with E-state index in [1.807, 2.05) is 24.3 Å². The number of nitrogens with two attached hydrogens (primary N) is 1. The predicted molar refractivity (Wildman–Crippen MR) is 76.3 cm³/mol. The van der Waals surface area contributed by atoms with Crippen molar-refractivity contribution < 1.29 is 4.79 Å². The average molecular weight is 287 g/mol. The van der Waals surface area contributed by atoms with Gasteiger partial charge in [0.2, 0.25) is 0 Å². The Morgan fingerprint density at radius 2 is 2.33 bits per heavy atom. The zero-order chi connectivity index (χ0) is 13.3. The van der Waals surface area contributed by atoms with Crippen LogP contribution in [0, 0.1) is 12.8 Å². The lowest BCUT2D eigenvalue weighted by Crippen LogP contribution is -2.41. The molecule has 5 heteroatoms. The summed E-state index contributed by atoms with van der Waals surface area (Å²) in [5, 5.41) is 2.53. The second kappa shape index (κ2) is 5.59. The largest absolute Gasteiger partial charge is 0.338 e. The minimum atomic E-state index is 0.0310. The molecule has 2 atom stereocenters. The maximum Gasteiger partial charge on any atom is 0.265 e. The molecule has 18 heavy (non-hydrogen) atoms. The van der Waals surface area contributed by atoms with Crippen molar-refractivity contribution in [1.82, 2.24) is 4.90 Å². The molecule has 0 saturated heterocycles. The lowest BCUT2D eigenvalue weighted by molar-refractivity contribution is 0.0705. The summed E-state index contributed by atoms with van der Waals surface area (Å²) in [5.74, 6) is 0.460.